The Kier molecular flexibility index (Phi) is 3.30. The topological polar surface area (TPSA) is 60.7 Å². The Labute approximate surface area is 134 Å². The second-order valence-corrected chi connectivity index (χ2v) is 9.40. The van der Waals surface area contributed by atoms with E-state index >= 15 is 0 Å². The van der Waals surface area contributed by atoms with Crippen molar-refractivity contribution in [1.29, 1.82) is 0 Å². The van der Waals surface area contributed by atoms with E-state index in [1.54, 1.807) is 0 Å². The molecular formula is C19H32O3. The third kappa shape index (κ3) is 1.79. The molecule has 3 heteroatoms. The number of hydrogen-bond donors (Lipinski definition) is 3. The summed E-state index contributed by atoms with van der Waals surface area (Å²) in [5, 5.41) is 31.8. The standard InChI is InChI=1S/C19H32O3/c1-17-8-7-15-13(14(17)3-4-16(17)21)6-10-19(22)11-12(20)5-9-18(15,19)2/h12-16,20-22H,3-11H2,1-2H3/t12?,13-,14-,15-,16?,17-,18+,19+/m0/s1. The van der Waals surface area contributed by atoms with Crippen molar-refractivity contribution in [1.82, 2.24) is 0 Å². The first-order chi connectivity index (χ1) is 10.3. The van der Waals surface area contributed by atoms with Crippen LogP contribution in [0.3, 0.4) is 0 Å². The number of aliphatic hydroxyl groups excluding tert-OH is 2. The maximum atomic E-state index is 11.3. The van der Waals surface area contributed by atoms with E-state index in [1.165, 1.54) is 0 Å². The van der Waals surface area contributed by atoms with Crippen LogP contribution in [-0.2, 0) is 0 Å². The normalized spacial score (nSPS) is 61.2. The molecule has 0 spiro atoms. The van der Waals surface area contributed by atoms with E-state index in [0.717, 1.165) is 51.4 Å². The summed E-state index contributed by atoms with van der Waals surface area (Å²) in [5.41, 5.74) is -0.595. The fourth-order valence-corrected chi connectivity index (χ4v) is 7.20. The molecule has 2 unspecified atom stereocenters. The summed E-state index contributed by atoms with van der Waals surface area (Å²) in [7, 11) is 0. The summed E-state index contributed by atoms with van der Waals surface area (Å²) < 4.78 is 0. The number of hydrogen-bond acceptors (Lipinski definition) is 3. The first kappa shape index (κ1) is 15.4. The van der Waals surface area contributed by atoms with Gasteiger partial charge in [-0.25, -0.2) is 0 Å². The third-order valence-electron chi connectivity index (χ3n) is 8.73. The maximum Gasteiger partial charge on any atom is 0.0728 e. The van der Waals surface area contributed by atoms with Crippen molar-refractivity contribution in [2.75, 3.05) is 0 Å². The van der Waals surface area contributed by atoms with E-state index in [0.29, 0.717) is 24.2 Å². The molecule has 0 aliphatic heterocycles. The average molecular weight is 308 g/mol. The fraction of sp³-hybridized carbons (Fsp3) is 1.00. The SMILES string of the molecule is C[C@]12CC[C@H]3[C@@H](CC[C@@]4(O)CC(O)CC[C@]34C)[C@@H]1CCC2O. The first-order valence-corrected chi connectivity index (χ1v) is 9.39. The summed E-state index contributed by atoms with van der Waals surface area (Å²) in [6.45, 7) is 4.60. The molecule has 0 amide bonds. The van der Waals surface area contributed by atoms with E-state index in [-0.39, 0.29) is 23.0 Å². The third-order valence-corrected chi connectivity index (χ3v) is 8.73. The molecule has 126 valence electrons. The van der Waals surface area contributed by atoms with Crippen molar-refractivity contribution in [3.05, 3.63) is 0 Å². The molecule has 0 heterocycles. The number of aliphatic hydroxyl groups is 3. The molecule has 0 aromatic heterocycles. The van der Waals surface area contributed by atoms with Crippen LogP contribution in [0.2, 0.25) is 0 Å². The number of rotatable bonds is 0. The van der Waals surface area contributed by atoms with Crippen LogP contribution in [-0.4, -0.2) is 33.1 Å². The van der Waals surface area contributed by atoms with Crippen LogP contribution in [0.4, 0.5) is 0 Å². The van der Waals surface area contributed by atoms with Gasteiger partial charge in [0, 0.05) is 6.42 Å². The largest absolute Gasteiger partial charge is 0.393 e. The maximum absolute atomic E-state index is 11.3. The Hall–Kier alpha value is -0.120. The molecule has 4 saturated carbocycles. The van der Waals surface area contributed by atoms with Crippen LogP contribution in [0.5, 0.6) is 0 Å². The lowest BCUT2D eigenvalue weighted by molar-refractivity contribution is -0.221. The predicted octanol–water partition coefficient (Wildman–Crippen LogP) is 2.87. The van der Waals surface area contributed by atoms with Gasteiger partial charge in [-0.05, 0) is 80.0 Å². The Morgan fingerprint density at radius 1 is 0.818 bits per heavy atom. The summed E-state index contributed by atoms with van der Waals surface area (Å²) in [6.07, 6.45) is 8.21. The molecule has 4 rings (SSSR count). The lowest BCUT2D eigenvalue weighted by Gasteiger charge is -2.63. The average Bonchev–Trinajstić information content (AvgIpc) is 2.76. The highest BCUT2D eigenvalue weighted by Gasteiger charge is 2.64. The lowest BCUT2D eigenvalue weighted by Crippen LogP contribution is -2.63. The second-order valence-electron chi connectivity index (χ2n) is 9.40. The van der Waals surface area contributed by atoms with Gasteiger partial charge in [0.2, 0.25) is 0 Å². The van der Waals surface area contributed by atoms with Crippen LogP contribution in [0, 0.1) is 28.6 Å². The molecule has 4 aliphatic carbocycles. The first-order valence-electron chi connectivity index (χ1n) is 9.39. The quantitative estimate of drug-likeness (QED) is 0.645. The fourth-order valence-electron chi connectivity index (χ4n) is 7.20. The monoisotopic (exact) mass is 308 g/mol. The summed E-state index contributed by atoms with van der Waals surface area (Å²) >= 11 is 0. The van der Waals surface area contributed by atoms with Crippen molar-refractivity contribution < 1.29 is 15.3 Å². The van der Waals surface area contributed by atoms with Crippen LogP contribution in [0.15, 0.2) is 0 Å². The van der Waals surface area contributed by atoms with Crippen LogP contribution in [0.1, 0.15) is 71.6 Å². The highest BCUT2D eigenvalue weighted by Crippen LogP contribution is 2.67. The lowest BCUT2D eigenvalue weighted by atomic mass is 9.43. The molecule has 0 saturated heterocycles. The van der Waals surface area contributed by atoms with Crippen LogP contribution < -0.4 is 0 Å². The second kappa shape index (κ2) is 4.70. The van der Waals surface area contributed by atoms with E-state index in [2.05, 4.69) is 13.8 Å². The van der Waals surface area contributed by atoms with Gasteiger partial charge in [0.25, 0.3) is 0 Å². The Bertz CT molecular complexity index is 466. The van der Waals surface area contributed by atoms with Gasteiger partial charge >= 0.3 is 0 Å². The van der Waals surface area contributed by atoms with E-state index in [4.69, 9.17) is 0 Å². The van der Waals surface area contributed by atoms with Gasteiger partial charge in [-0.2, -0.15) is 0 Å². The van der Waals surface area contributed by atoms with E-state index in [9.17, 15) is 15.3 Å². The van der Waals surface area contributed by atoms with Crippen molar-refractivity contribution >= 4 is 0 Å². The summed E-state index contributed by atoms with van der Waals surface area (Å²) in [4.78, 5) is 0. The number of fused-ring (bicyclic) bond motifs is 5. The van der Waals surface area contributed by atoms with Gasteiger partial charge in [-0.15, -0.1) is 0 Å². The molecule has 3 N–H and O–H groups in total. The minimum Gasteiger partial charge on any atom is -0.393 e. The predicted molar refractivity (Wildman–Crippen MR) is 85.2 cm³/mol. The Balaban J connectivity index is 1.67. The summed E-state index contributed by atoms with van der Waals surface area (Å²) in [6, 6.07) is 0. The van der Waals surface area contributed by atoms with Crippen LogP contribution in [0.25, 0.3) is 0 Å². The van der Waals surface area contributed by atoms with Gasteiger partial charge in [0.1, 0.15) is 0 Å². The van der Waals surface area contributed by atoms with Gasteiger partial charge < -0.3 is 15.3 Å². The van der Waals surface area contributed by atoms with E-state index < -0.39 is 5.60 Å². The molecule has 0 aromatic rings. The van der Waals surface area contributed by atoms with Gasteiger partial charge in [0.15, 0.2) is 0 Å². The zero-order valence-electron chi connectivity index (χ0n) is 14.1. The molecule has 0 radical (unpaired) electrons. The molecular weight excluding hydrogens is 276 g/mol. The zero-order chi connectivity index (χ0) is 15.8. The van der Waals surface area contributed by atoms with Crippen molar-refractivity contribution in [3.63, 3.8) is 0 Å². The molecule has 4 aliphatic rings. The van der Waals surface area contributed by atoms with Crippen molar-refractivity contribution in [3.8, 4) is 0 Å². The molecule has 22 heavy (non-hydrogen) atoms. The summed E-state index contributed by atoms with van der Waals surface area (Å²) in [5.74, 6) is 1.87. The van der Waals surface area contributed by atoms with E-state index in [1.807, 2.05) is 0 Å². The zero-order valence-corrected chi connectivity index (χ0v) is 14.1. The van der Waals surface area contributed by atoms with Gasteiger partial charge in [-0.3, -0.25) is 0 Å². The van der Waals surface area contributed by atoms with Gasteiger partial charge in [-0.1, -0.05) is 13.8 Å². The minimum atomic E-state index is -0.670. The smallest absolute Gasteiger partial charge is 0.0728 e. The highest BCUT2D eigenvalue weighted by molar-refractivity contribution is 5.14. The molecule has 0 bridgehead atoms. The van der Waals surface area contributed by atoms with Gasteiger partial charge in [0.05, 0.1) is 17.8 Å². The van der Waals surface area contributed by atoms with Crippen molar-refractivity contribution in [2.45, 2.75) is 89.4 Å². The molecule has 0 aromatic carbocycles. The molecule has 8 atom stereocenters. The van der Waals surface area contributed by atoms with Crippen LogP contribution >= 0.6 is 0 Å². The Morgan fingerprint density at radius 2 is 1.59 bits per heavy atom. The molecule has 3 nitrogen and oxygen atoms in total. The van der Waals surface area contributed by atoms with Crippen molar-refractivity contribution in [2.24, 2.45) is 28.6 Å². The minimum absolute atomic E-state index is 0.0377. The Morgan fingerprint density at radius 3 is 2.36 bits per heavy atom. The molecule has 4 fully saturated rings. The highest BCUT2D eigenvalue weighted by atomic mass is 16.3.